The summed E-state index contributed by atoms with van der Waals surface area (Å²) in [5.41, 5.74) is 1.43. The van der Waals surface area contributed by atoms with Crippen LogP contribution in [-0.4, -0.2) is 0 Å². The number of rotatable bonds is 3. The Bertz CT molecular complexity index is 974. The topological polar surface area (TPSA) is 66.0 Å². The van der Waals surface area contributed by atoms with E-state index >= 15 is 0 Å². The first kappa shape index (κ1) is 20.3. The molecule has 0 aliphatic heterocycles. The summed E-state index contributed by atoms with van der Waals surface area (Å²) in [5.74, 6) is 0.453. The number of nitrogens with zero attached hydrogens (tertiary/aromatic N) is 2. The number of nitriles is 2. The van der Waals surface area contributed by atoms with Crippen molar-refractivity contribution in [2.45, 2.75) is 6.18 Å². The molecule has 140 valence electrons. The van der Waals surface area contributed by atoms with Gasteiger partial charge in [0.1, 0.15) is 11.5 Å². The smallest absolute Gasteiger partial charge is 0.388 e. The average Bonchev–Trinajstić information content (AvgIpc) is 2.70. The third kappa shape index (κ3) is 6.08. The molecule has 0 aromatic heterocycles. The minimum atomic E-state index is -4.41. The van der Waals surface area contributed by atoms with E-state index < -0.39 is 11.7 Å². The molecule has 0 saturated heterocycles. The van der Waals surface area contributed by atoms with Gasteiger partial charge < -0.3 is 9.47 Å². The molecular formula is C21H13F3N2O2. The maximum Gasteiger partial charge on any atom is 0.416 e. The van der Waals surface area contributed by atoms with Gasteiger partial charge in [0, 0.05) is 0 Å². The van der Waals surface area contributed by atoms with E-state index in [2.05, 4.69) is 4.74 Å². The van der Waals surface area contributed by atoms with Crippen LogP contribution in [0, 0.1) is 23.0 Å². The number of hydrogen-bond donors (Lipinski definition) is 0. The first-order chi connectivity index (χ1) is 13.4. The van der Waals surface area contributed by atoms with Crippen molar-refractivity contribution in [3.05, 3.63) is 84.4 Å². The highest BCUT2D eigenvalue weighted by molar-refractivity contribution is 5.63. The molecule has 0 heterocycles. The largest absolute Gasteiger partial charge is 0.416 e. The summed E-state index contributed by atoms with van der Waals surface area (Å²) in [4.78, 5) is 0. The van der Waals surface area contributed by atoms with Crippen molar-refractivity contribution < 1.29 is 22.6 Å². The van der Waals surface area contributed by atoms with E-state index in [1.807, 2.05) is 42.5 Å². The fourth-order valence-electron chi connectivity index (χ4n) is 2.19. The maximum absolute atomic E-state index is 12.1. The molecular weight excluding hydrogens is 369 g/mol. The van der Waals surface area contributed by atoms with Crippen molar-refractivity contribution >= 4 is 0 Å². The lowest BCUT2D eigenvalue weighted by Crippen LogP contribution is -2.04. The quantitative estimate of drug-likeness (QED) is 0.539. The minimum absolute atomic E-state index is 0.114. The van der Waals surface area contributed by atoms with Gasteiger partial charge in [-0.25, -0.2) is 0 Å². The fraction of sp³-hybridized carbons (Fsp3) is 0.0476. The van der Waals surface area contributed by atoms with Crippen LogP contribution < -0.4 is 9.47 Å². The summed E-state index contributed by atoms with van der Waals surface area (Å²) < 4.78 is 45.2. The summed E-state index contributed by atoms with van der Waals surface area (Å²) in [7, 11) is 0. The number of hydrogen-bond acceptors (Lipinski definition) is 4. The Kier molecular flexibility index (Phi) is 7.01. The second-order valence-corrected chi connectivity index (χ2v) is 5.30. The van der Waals surface area contributed by atoms with Gasteiger partial charge in [0.05, 0.1) is 5.56 Å². The molecule has 7 heteroatoms. The highest BCUT2D eigenvalue weighted by atomic mass is 19.4. The van der Waals surface area contributed by atoms with Crippen molar-refractivity contribution in [1.29, 1.82) is 10.5 Å². The first-order valence-electron chi connectivity index (χ1n) is 7.88. The lowest BCUT2D eigenvalue weighted by Gasteiger charge is -2.06. The molecule has 0 fully saturated rings. The van der Waals surface area contributed by atoms with Crippen LogP contribution in [0.25, 0.3) is 11.1 Å². The van der Waals surface area contributed by atoms with Crippen LogP contribution in [0.1, 0.15) is 5.56 Å². The standard InChI is InChI=1S/C13H9NO.C8H4F3NO/c14-10-15-13-8-6-12(7-9-13)11-4-2-1-3-5-11;9-8(10,11)6-2-1-3-7(4-6)13-5-12/h1-9H;1-4H. The van der Waals surface area contributed by atoms with Crippen LogP contribution in [0.2, 0.25) is 0 Å². The van der Waals surface area contributed by atoms with E-state index in [1.165, 1.54) is 18.4 Å². The van der Waals surface area contributed by atoms with Gasteiger partial charge in [-0.3, -0.25) is 0 Å². The Morgan fingerprint density at radius 1 is 0.643 bits per heavy atom. The van der Waals surface area contributed by atoms with Gasteiger partial charge in [0.15, 0.2) is 0 Å². The molecule has 0 bridgehead atoms. The zero-order valence-electron chi connectivity index (χ0n) is 14.4. The second-order valence-electron chi connectivity index (χ2n) is 5.30. The van der Waals surface area contributed by atoms with Crippen LogP contribution >= 0.6 is 0 Å². The third-order valence-electron chi connectivity index (χ3n) is 3.45. The van der Waals surface area contributed by atoms with Crippen molar-refractivity contribution in [1.82, 2.24) is 0 Å². The highest BCUT2D eigenvalue weighted by Crippen LogP contribution is 2.31. The summed E-state index contributed by atoms with van der Waals surface area (Å²) in [6, 6.07) is 21.6. The summed E-state index contributed by atoms with van der Waals surface area (Å²) in [5, 5.41) is 16.4. The third-order valence-corrected chi connectivity index (χ3v) is 3.45. The molecule has 3 aromatic carbocycles. The summed E-state index contributed by atoms with van der Waals surface area (Å²) in [6.07, 6.45) is -1.47. The van der Waals surface area contributed by atoms with E-state index in [0.717, 1.165) is 23.3 Å². The number of benzene rings is 3. The monoisotopic (exact) mass is 382 g/mol. The number of halogens is 3. The summed E-state index contributed by atoms with van der Waals surface area (Å²) >= 11 is 0. The number of ether oxygens (including phenoxy) is 2. The first-order valence-corrected chi connectivity index (χ1v) is 7.88. The maximum atomic E-state index is 12.1. The fourth-order valence-corrected chi connectivity index (χ4v) is 2.19. The Morgan fingerprint density at radius 3 is 1.79 bits per heavy atom. The van der Waals surface area contributed by atoms with Gasteiger partial charge in [-0.1, -0.05) is 48.5 Å². The van der Waals surface area contributed by atoms with Crippen molar-refractivity contribution in [2.75, 3.05) is 0 Å². The molecule has 0 radical (unpaired) electrons. The second kappa shape index (κ2) is 9.65. The predicted octanol–water partition coefficient (Wildman–Crippen LogP) is 5.78. The Hall–Kier alpha value is -3.97. The Morgan fingerprint density at radius 2 is 1.21 bits per heavy atom. The molecule has 0 saturated carbocycles. The normalized spacial score (nSPS) is 9.89. The van der Waals surface area contributed by atoms with Crippen LogP contribution in [0.15, 0.2) is 78.9 Å². The molecule has 0 atom stereocenters. The molecule has 4 nitrogen and oxygen atoms in total. The molecule has 0 unspecified atom stereocenters. The molecule has 0 spiro atoms. The summed E-state index contributed by atoms with van der Waals surface area (Å²) in [6.45, 7) is 0. The van der Waals surface area contributed by atoms with E-state index in [-0.39, 0.29) is 5.75 Å². The van der Waals surface area contributed by atoms with Crippen molar-refractivity contribution in [3.8, 4) is 35.1 Å². The van der Waals surface area contributed by atoms with Crippen LogP contribution in [0.5, 0.6) is 11.5 Å². The van der Waals surface area contributed by atoms with E-state index in [0.29, 0.717) is 5.75 Å². The molecule has 0 aliphatic carbocycles. The molecule has 28 heavy (non-hydrogen) atoms. The van der Waals surface area contributed by atoms with Gasteiger partial charge in [0.2, 0.25) is 0 Å². The average molecular weight is 382 g/mol. The Balaban J connectivity index is 0.000000203. The number of alkyl halides is 3. The SMILES string of the molecule is N#COc1ccc(-c2ccccc2)cc1.N#COc1cccc(C(F)(F)F)c1. The van der Waals surface area contributed by atoms with Crippen LogP contribution in [0.3, 0.4) is 0 Å². The molecule has 3 rings (SSSR count). The van der Waals surface area contributed by atoms with Crippen LogP contribution in [-0.2, 0) is 6.18 Å². The zero-order valence-corrected chi connectivity index (χ0v) is 14.4. The van der Waals surface area contributed by atoms with Crippen LogP contribution in [0.4, 0.5) is 13.2 Å². The molecule has 3 aromatic rings. The van der Waals surface area contributed by atoms with Crippen molar-refractivity contribution in [2.24, 2.45) is 0 Å². The van der Waals surface area contributed by atoms with Gasteiger partial charge in [-0.05, 0) is 41.5 Å². The lowest BCUT2D eigenvalue weighted by atomic mass is 10.1. The zero-order chi connectivity index (χ0) is 20.4. The van der Waals surface area contributed by atoms with Gasteiger partial charge in [0.25, 0.3) is 12.5 Å². The van der Waals surface area contributed by atoms with E-state index in [1.54, 1.807) is 18.4 Å². The predicted molar refractivity (Wildman–Crippen MR) is 95.8 cm³/mol. The highest BCUT2D eigenvalue weighted by Gasteiger charge is 2.30. The van der Waals surface area contributed by atoms with E-state index in [4.69, 9.17) is 15.3 Å². The van der Waals surface area contributed by atoms with Crippen molar-refractivity contribution in [3.63, 3.8) is 0 Å². The molecule has 0 amide bonds. The van der Waals surface area contributed by atoms with Gasteiger partial charge in [-0.15, -0.1) is 10.5 Å². The van der Waals surface area contributed by atoms with Gasteiger partial charge in [-0.2, -0.15) is 13.2 Å². The Labute approximate surface area is 159 Å². The lowest BCUT2D eigenvalue weighted by molar-refractivity contribution is -0.137. The van der Waals surface area contributed by atoms with E-state index in [9.17, 15) is 13.2 Å². The molecule has 0 aliphatic rings. The minimum Gasteiger partial charge on any atom is -0.388 e. The molecule has 0 N–H and O–H groups in total. The van der Waals surface area contributed by atoms with Gasteiger partial charge >= 0.3 is 6.18 Å².